The van der Waals surface area contributed by atoms with Crippen LogP contribution in [0.3, 0.4) is 0 Å². The van der Waals surface area contributed by atoms with Crippen LogP contribution in [0.1, 0.15) is 0 Å². The summed E-state index contributed by atoms with van der Waals surface area (Å²) in [4.78, 5) is 8.68. The van der Waals surface area contributed by atoms with E-state index in [1.807, 2.05) is 0 Å². The predicted molar refractivity (Wildman–Crippen MR) is 22.1 cm³/mol. The molecule has 0 heterocycles. The van der Waals surface area contributed by atoms with Crippen molar-refractivity contribution in [2.75, 3.05) is 7.11 Å². The van der Waals surface area contributed by atoms with Crippen LogP contribution in [0.4, 0.5) is 0 Å². The second kappa shape index (κ2) is 2.84. The van der Waals surface area contributed by atoms with Crippen molar-refractivity contribution in [3.63, 3.8) is 0 Å². The molecule has 0 atom stereocenters. The Morgan fingerprint density at radius 3 is 2.38 bits per heavy atom. The molecule has 0 fully saturated rings. The largest absolute Gasteiger partial charge is 0.871 e. The summed E-state index contributed by atoms with van der Waals surface area (Å²) in [7, 11) is 1.06. The van der Waals surface area contributed by atoms with E-state index < -0.39 is 10.8 Å². The van der Waals surface area contributed by atoms with Gasteiger partial charge in [-0.2, -0.15) is 0 Å². The Balaban J connectivity index is 3.92. The summed E-state index contributed by atoms with van der Waals surface area (Å²) >= 11 is 0. The lowest BCUT2D eigenvalue weighted by Gasteiger charge is -1.95. The van der Waals surface area contributed by atoms with Gasteiger partial charge in [-0.1, -0.05) is 0 Å². The van der Waals surface area contributed by atoms with Gasteiger partial charge in [0.05, 0.1) is 7.11 Å². The Bertz CT molecular complexity index is 118. The highest BCUT2D eigenvalue weighted by atomic mass is 16.7. The molecule has 0 aliphatic carbocycles. The van der Waals surface area contributed by atoms with Crippen molar-refractivity contribution in [2.24, 2.45) is 0 Å². The van der Waals surface area contributed by atoms with Gasteiger partial charge >= 0.3 is 5.88 Å². The van der Waals surface area contributed by atoms with Gasteiger partial charge in [0.25, 0.3) is 0 Å². The minimum atomic E-state index is -0.896. The third-order valence-electron chi connectivity index (χ3n) is 0.490. The molecule has 0 aliphatic heterocycles. The van der Waals surface area contributed by atoms with Crippen molar-refractivity contribution in [3.8, 4) is 0 Å². The van der Waals surface area contributed by atoms with E-state index >= 15 is 0 Å². The van der Waals surface area contributed by atoms with Gasteiger partial charge in [-0.25, -0.2) is 0 Å². The van der Waals surface area contributed by atoms with E-state index in [0.717, 1.165) is 7.11 Å². The van der Waals surface area contributed by atoms with Crippen LogP contribution in [0.5, 0.6) is 0 Å². The Labute approximate surface area is 45.3 Å². The number of rotatable bonds is 2. The predicted octanol–water partition coefficient (Wildman–Crippen LogP) is -0.931. The Morgan fingerprint density at radius 2 is 2.38 bits per heavy atom. The smallest absolute Gasteiger partial charge is 0.412 e. The first kappa shape index (κ1) is 6.74. The van der Waals surface area contributed by atoms with Crippen molar-refractivity contribution in [1.82, 2.24) is 0 Å². The third kappa shape index (κ3) is 1.46. The lowest BCUT2D eigenvalue weighted by molar-refractivity contribution is -0.473. The van der Waals surface area contributed by atoms with E-state index in [4.69, 9.17) is 0 Å². The van der Waals surface area contributed by atoms with Crippen molar-refractivity contribution < 1.29 is 14.8 Å². The molecule has 0 aromatic carbocycles. The fourth-order valence-corrected chi connectivity index (χ4v) is 0.166. The van der Waals surface area contributed by atoms with Crippen molar-refractivity contribution in [1.29, 1.82) is 0 Å². The number of ether oxygens (including phenoxy) is 1. The van der Waals surface area contributed by atoms with Crippen molar-refractivity contribution in [3.05, 3.63) is 22.3 Å². The van der Waals surface area contributed by atoms with E-state index in [1.165, 1.54) is 0 Å². The minimum absolute atomic E-state index is 0.0417. The fourth-order valence-electron chi connectivity index (χ4n) is 0.166. The summed E-state index contributed by atoms with van der Waals surface area (Å²) in [5, 5.41) is 19.1. The Kier molecular flexibility index (Phi) is 2.39. The van der Waals surface area contributed by atoms with E-state index in [1.54, 1.807) is 0 Å². The molecular formula is C3H4NO4-. The van der Waals surface area contributed by atoms with Gasteiger partial charge in [0, 0.05) is 0 Å². The van der Waals surface area contributed by atoms with Crippen LogP contribution in [0.2, 0.25) is 0 Å². The van der Waals surface area contributed by atoms with Crippen molar-refractivity contribution >= 4 is 0 Å². The van der Waals surface area contributed by atoms with E-state index in [2.05, 4.69) is 4.74 Å². The molecule has 0 radical (unpaired) electrons. The van der Waals surface area contributed by atoms with Crippen molar-refractivity contribution in [2.45, 2.75) is 0 Å². The third-order valence-corrected chi connectivity index (χ3v) is 0.490. The molecule has 0 rings (SSSR count). The maximum atomic E-state index is 9.57. The molecule has 0 bridgehead atoms. The molecule has 0 saturated heterocycles. The normalized spacial score (nSPS) is 10.9. The topological polar surface area (TPSA) is 75.4 Å². The number of hydrogen-bond donors (Lipinski definition) is 0. The standard InChI is InChI=1S/C3H5NO4/c1-8-3(2-5)4(6)7/h2,5H,1H3/p-1. The molecule has 0 unspecified atom stereocenters. The van der Waals surface area contributed by atoms with Gasteiger partial charge in [-0.3, -0.25) is 10.1 Å². The summed E-state index contributed by atoms with van der Waals surface area (Å²) in [6.07, 6.45) is 0.0417. The summed E-state index contributed by atoms with van der Waals surface area (Å²) in [6, 6.07) is 0. The van der Waals surface area contributed by atoms with E-state index in [-0.39, 0.29) is 6.26 Å². The number of nitrogens with zero attached hydrogens (tertiary/aromatic N) is 1. The summed E-state index contributed by atoms with van der Waals surface area (Å²) in [5.74, 6) is -0.773. The summed E-state index contributed by atoms with van der Waals surface area (Å²) in [5.41, 5.74) is 0. The first-order valence-electron chi connectivity index (χ1n) is 1.73. The van der Waals surface area contributed by atoms with E-state index in [0.29, 0.717) is 0 Å². The van der Waals surface area contributed by atoms with Crippen LogP contribution in [0.15, 0.2) is 12.1 Å². The van der Waals surface area contributed by atoms with Crippen LogP contribution in [0.25, 0.3) is 0 Å². The monoisotopic (exact) mass is 118 g/mol. The highest BCUT2D eigenvalue weighted by Gasteiger charge is 2.02. The summed E-state index contributed by atoms with van der Waals surface area (Å²) in [6.45, 7) is 0. The Morgan fingerprint density at radius 1 is 1.88 bits per heavy atom. The van der Waals surface area contributed by atoms with Gasteiger partial charge in [0.1, 0.15) is 4.92 Å². The number of methoxy groups -OCH3 is 1. The molecular weight excluding hydrogens is 114 g/mol. The molecule has 46 valence electrons. The van der Waals surface area contributed by atoms with Crippen LogP contribution >= 0.6 is 0 Å². The SMILES string of the molecule is COC(=C[O-])[N+](=O)[O-]. The lowest BCUT2D eigenvalue weighted by Crippen LogP contribution is -2.04. The van der Waals surface area contributed by atoms with Crippen LogP contribution in [-0.4, -0.2) is 12.0 Å². The molecule has 0 aromatic rings. The highest BCUT2D eigenvalue weighted by molar-refractivity contribution is 4.68. The molecule has 5 nitrogen and oxygen atoms in total. The second-order valence-corrected chi connectivity index (χ2v) is 0.917. The summed E-state index contributed by atoms with van der Waals surface area (Å²) < 4.78 is 4.01. The number of nitro groups is 1. The van der Waals surface area contributed by atoms with Gasteiger partial charge in [0.2, 0.25) is 0 Å². The molecule has 8 heavy (non-hydrogen) atoms. The van der Waals surface area contributed by atoms with Gasteiger partial charge in [-0.15, -0.1) is 0 Å². The zero-order valence-corrected chi connectivity index (χ0v) is 4.16. The van der Waals surface area contributed by atoms with E-state index in [9.17, 15) is 15.2 Å². The molecule has 0 aromatic heterocycles. The first-order valence-corrected chi connectivity index (χ1v) is 1.73. The Hall–Kier alpha value is -1.26. The molecule has 0 saturated carbocycles. The van der Waals surface area contributed by atoms with Crippen LogP contribution < -0.4 is 5.11 Å². The average molecular weight is 118 g/mol. The maximum absolute atomic E-state index is 9.57. The molecule has 0 N–H and O–H groups in total. The quantitative estimate of drug-likeness (QED) is 0.266. The number of hydrogen-bond acceptors (Lipinski definition) is 4. The maximum Gasteiger partial charge on any atom is 0.412 e. The fraction of sp³-hybridized carbons (Fsp3) is 0.333. The zero-order chi connectivity index (χ0) is 6.57. The van der Waals surface area contributed by atoms with Crippen LogP contribution in [-0.2, 0) is 4.74 Å². The minimum Gasteiger partial charge on any atom is -0.871 e. The molecule has 0 spiro atoms. The first-order chi connectivity index (χ1) is 3.72. The molecule has 5 heteroatoms. The van der Waals surface area contributed by atoms with Gasteiger partial charge in [0.15, 0.2) is 0 Å². The lowest BCUT2D eigenvalue weighted by atomic mass is 10.9. The molecule has 0 aliphatic rings. The second-order valence-electron chi connectivity index (χ2n) is 0.917. The van der Waals surface area contributed by atoms with Crippen LogP contribution in [0, 0.1) is 10.1 Å². The zero-order valence-electron chi connectivity index (χ0n) is 4.16. The molecule has 0 amide bonds. The highest BCUT2D eigenvalue weighted by Crippen LogP contribution is 1.89. The van der Waals surface area contributed by atoms with Gasteiger partial charge < -0.3 is 9.84 Å². The van der Waals surface area contributed by atoms with Gasteiger partial charge in [-0.05, 0) is 6.26 Å². The average Bonchev–Trinajstić information content (AvgIpc) is 1.69.